The summed E-state index contributed by atoms with van der Waals surface area (Å²) in [7, 11) is 0. The molecule has 0 aliphatic carbocycles. The minimum atomic E-state index is -0.395. The first-order valence-corrected chi connectivity index (χ1v) is 13.7. The van der Waals surface area contributed by atoms with Crippen LogP contribution in [0.3, 0.4) is 0 Å². The number of hydrogen-bond acceptors (Lipinski definition) is 2. The summed E-state index contributed by atoms with van der Waals surface area (Å²) in [5.41, 5.74) is 4.65. The van der Waals surface area contributed by atoms with Gasteiger partial charge >= 0.3 is 0 Å². The van der Waals surface area contributed by atoms with E-state index in [1.165, 1.54) is 62.5 Å². The lowest BCUT2D eigenvalue weighted by Gasteiger charge is -2.27. The lowest BCUT2D eigenvalue weighted by molar-refractivity contribution is -0.114. The summed E-state index contributed by atoms with van der Waals surface area (Å²) in [6, 6.07) is 16.9. The first-order valence-electron chi connectivity index (χ1n) is 13.0. The Morgan fingerprint density at radius 3 is 1.24 bits per heavy atom. The van der Waals surface area contributed by atoms with Crippen LogP contribution >= 0.6 is 23.2 Å². The van der Waals surface area contributed by atoms with Crippen LogP contribution in [0.4, 0.5) is 0 Å². The summed E-state index contributed by atoms with van der Waals surface area (Å²) < 4.78 is 0. The lowest BCUT2D eigenvalue weighted by atomic mass is 9.77. The van der Waals surface area contributed by atoms with Crippen molar-refractivity contribution < 1.29 is 9.59 Å². The van der Waals surface area contributed by atoms with Crippen molar-refractivity contribution >= 4 is 33.7 Å². The van der Waals surface area contributed by atoms with Gasteiger partial charge in [-0.1, -0.05) is 101 Å². The maximum absolute atomic E-state index is 12.0. The van der Waals surface area contributed by atoms with Gasteiger partial charge in [-0.2, -0.15) is 0 Å². The quantitative estimate of drug-likeness (QED) is 0.159. The predicted molar refractivity (Wildman–Crippen MR) is 145 cm³/mol. The summed E-state index contributed by atoms with van der Waals surface area (Å²) in [5, 5.41) is -0.790. The standard InChI is InChI=1S/C30H40Cl2O2/c1-3-5-7-9-11-23-13-17-25(18-14-23)27(21-29(31)33)28(22-30(32)34)26-19-15-24(16-20-26)12-10-8-6-4-2/h13-20,27-28H,3-12,21-22H2,1-2H3. The molecule has 0 amide bonds. The molecule has 0 aliphatic rings. The molecule has 4 heteroatoms. The van der Waals surface area contributed by atoms with Crippen molar-refractivity contribution in [2.45, 2.75) is 103 Å². The maximum Gasteiger partial charge on any atom is 0.222 e. The normalized spacial score (nSPS) is 12.9. The molecule has 34 heavy (non-hydrogen) atoms. The highest BCUT2D eigenvalue weighted by Crippen LogP contribution is 2.39. The van der Waals surface area contributed by atoms with E-state index in [-0.39, 0.29) is 24.7 Å². The van der Waals surface area contributed by atoms with Crippen LogP contribution in [-0.2, 0) is 22.4 Å². The molecule has 0 bridgehead atoms. The van der Waals surface area contributed by atoms with Crippen LogP contribution in [0.2, 0.25) is 0 Å². The largest absolute Gasteiger partial charge is 0.281 e. The molecule has 0 fully saturated rings. The molecule has 0 saturated carbocycles. The monoisotopic (exact) mass is 502 g/mol. The number of carbonyl (C=O) groups excluding carboxylic acids is 2. The van der Waals surface area contributed by atoms with Crippen LogP contribution in [0.25, 0.3) is 0 Å². The fourth-order valence-corrected chi connectivity index (χ4v) is 5.04. The molecule has 2 rings (SSSR count). The molecular formula is C30H40Cl2O2. The van der Waals surface area contributed by atoms with Crippen LogP contribution < -0.4 is 0 Å². The molecule has 0 N–H and O–H groups in total. The Hall–Kier alpha value is -1.64. The molecule has 2 nitrogen and oxygen atoms in total. The fourth-order valence-electron chi connectivity index (χ4n) is 4.71. The van der Waals surface area contributed by atoms with E-state index in [2.05, 4.69) is 62.4 Å². The summed E-state index contributed by atoms with van der Waals surface area (Å²) in [4.78, 5) is 24.0. The third-order valence-electron chi connectivity index (χ3n) is 6.70. The van der Waals surface area contributed by atoms with Crippen molar-refractivity contribution in [3.63, 3.8) is 0 Å². The summed E-state index contributed by atoms with van der Waals surface area (Å²) >= 11 is 11.7. The topological polar surface area (TPSA) is 34.1 Å². The fraction of sp³-hybridized carbons (Fsp3) is 0.533. The average molecular weight is 504 g/mol. The number of unbranched alkanes of at least 4 members (excludes halogenated alkanes) is 6. The molecule has 0 radical (unpaired) electrons. The summed E-state index contributed by atoms with van der Waals surface area (Å²) in [6.07, 6.45) is 12.3. The Balaban J connectivity index is 2.21. The van der Waals surface area contributed by atoms with E-state index < -0.39 is 10.5 Å². The average Bonchev–Trinajstić information content (AvgIpc) is 2.82. The van der Waals surface area contributed by atoms with E-state index in [1.807, 2.05) is 0 Å². The van der Waals surface area contributed by atoms with Crippen LogP contribution in [-0.4, -0.2) is 10.5 Å². The van der Waals surface area contributed by atoms with Gasteiger partial charge < -0.3 is 0 Å². The summed E-state index contributed by atoms with van der Waals surface area (Å²) in [5.74, 6) is -0.394. The van der Waals surface area contributed by atoms with Gasteiger partial charge in [0.1, 0.15) is 0 Å². The van der Waals surface area contributed by atoms with Crippen molar-refractivity contribution in [3.05, 3.63) is 70.8 Å². The second-order valence-corrected chi connectivity index (χ2v) is 10.3. The predicted octanol–water partition coefficient (Wildman–Crippen LogP) is 9.11. The van der Waals surface area contributed by atoms with E-state index >= 15 is 0 Å². The van der Waals surface area contributed by atoms with E-state index in [0.29, 0.717) is 0 Å². The molecule has 2 unspecified atom stereocenters. The second-order valence-electron chi connectivity index (χ2n) is 9.44. The second kappa shape index (κ2) is 16.1. The van der Waals surface area contributed by atoms with Crippen molar-refractivity contribution in [1.82, 2.24) is 0 Å². The zero-order valence-corrected chi connectivity index (χ0v) is 22.3. The Morgan fingerprint density at radius 1 is 0.588 bits per heavy atom. The molecular weight excluding hydrogens is 463 g/mol. The van der Waals surface area contributed by atoms with Crippen molar-refractivity contribution in [1.29, 1.82) is 0 Å². The first-order chi connectivity index (χ1) is 16.4. The highest BCUT2D eigenvalue weighted by atomic mass is 35.5. The zero-order valence-electron chi connectivity index (χ0n) is 20.8. The smallest absolute Gasteiger partial charge is 0.222 e. The Morgan fingerprint density at radius 2 is 0.941 bits per heavy atom. The Bertz CT molecular complexity index is 785. The number of rotatable bonds is 17. The number of hydrogen-bond donors (Lipinski definition) is 0. The number of carbonyl (C=O) groups is 2. The first kappa shape index (κ1) is 28.6. The molecule has 186 valence electrons. The summed E-state index contributed by atoms with van der Waals surface area (Å²) in [6.45, 7) is 4.44. The van der Waals surface area contributed by atoms with Crippen LogP contribution in [0, 0.1) is 0 Å². The van der Waals surface area contributed by atoms with Crippen LogP contribution in [0.1, 0.15) is 112 Å². The third-order valence-corrected chi connectivity index (χ3v) is 7.01. The SMILES string of the molecule is CCCCCCc1ccc(C(CC(=O)Cl)C(CC(=O)Cl)c2ccc(CCCCCC)cc2)cc1. The zero-order chi connectivity index (χ0) is 24.8. The number of benzene rings is 2. The maximum atomic E-state index is 12.0. The van der Waals surface area contributed by atoms with Gasteiger partial charge in [0.05, 0.1) is 0 Å². The molecule has 2 aromatic carbocycles. The minimum absolute atomic E-state index is 0.172. The van der Waals surface area contributed by atoms with Crippen molar-refractivity contribution in [2.24, 2.45) is 0 Å². The van der Waals surface area contributed by atoms with Gasteiger partial charge in [0.15, 0.2) is 0 Å². The van der Waals surface area contributed by atoms with Crippen LogP contribution in [0.15, 0.2) is 48.5 Å². The van der Waals surface area contributed by atoms with Crippen molar-refractivity contribution in [2.75, 3.05) is 0 Å². The van der Waals surface area contributed by atoms with Gasteiger partial charge in [0.2, 0.25) is 10.5 Å². The number of halogens is 2. The van der Waals surface area contributed by atoms with E-state index in [9.17, 15) is 9.59 Å². The third kappa shape index (κ3) is 10.3. The lowest BCUT2D eigenvalue weighted by Crippen LogP contribution is -2.16. The highest BCUT2D eigenvalue weighted by Gasteiger charge is 2.28. The highest BCUT2D eigenvalue weighted by molar-refractivity contribution is 6.64. The molecule has 2 atom stereocenters. The Labute approximate surface area is 216 Å². The van der Waals surface area contributed by atoms with Gasteiger partial charge in [-0.3, -0.25) is 9.59 Å². The van der Waals surface area contributed by atoms with Gasteiger partial charge in [-0.05, 0) is 83.0 Å². The number of aryl methyl sites for hydroxylation is 2. The molecule has 0 aliphatic heterocycles. The van der Waals surface area contributed by atoms with Crippen molar-refractivity contribution in [3.8, 4) is 0 Å². The van der Waals surface area contributed by atoms with Gasteiger partial charge in [0, 0.05) is 12.8 Å². The molecule has 0 aromatic heterocycles. The molecule has 0 spiro atoms. The minimum Gasteiger partial charge on any atom is -0.281 e. The Kier molecular flexibility index (Phi) is 13.5. The molecule has 2 aromatic rings. The van der Waals surface area contributed by atoms with Gasteiger partial charge in [-0.15, -0.1) is 0 Å². The van der Waals surface area contributed by atoms with Crippen LogP contribution in [0.5, 0.6) is 0 Å². The van der Waals surface area contributed by atoms with Gasteiger partial charge in [0.25, 0.3) is 0 Å². The molecule has 0 saturated heterocycles. The van der Waals surface area contributed by atoms with E-state index in [1.54, 1.807) is 0 Å². The molecule has 0 heterocycles. The van der Waals surface area contributed by atoms with E-state index in [4.69, 9.17) is 23.2 Å². The van der Waals surface area contributed by atoms with Gasteiger partial charge in [-0.25, -0.2) is 0 Å². The van der Waals surface area contributed by atoms with E-state index in [0.717, 1.165) is 24.0 Å².